The van der Waals surface area contributed by atoms with E-state index >= 15 is 0 Å². The molecule has 0 unspecified atom stereocenters. The molecule has 146 valence electrons. The largest absolute Gasteiger partial charge is 0.490 e. The summed E-state index contributed by atoms with van der Waals surface area (Å²) in [7, 11) is 0. The summed E-state index contributed by atoms with van der Waals surface area (Å²) in [5.41, 5.74) is 1.71. The number of nitrogens with zero attached hydrogens (tertiary/aromatic N) is 1. The highest BCUT2D eigenvalue weighted by Crippen LogP contribution is 2.31. The highest BCUT2D eigenvalue weighted by atomic mass is 16.5. The summed E-state index contributed by atoms with van der Waals surface area (Å²) in [5, 5.41) is 2.73. The van der Waals surface area contributed by atoms with Crippen molar-refractivity contribution < 1.29 is 23.9 Å². The first-order chi connectivity index (χ1) is 13.6. The number of rotatable bonds is 6. The van der Waals surface area contributed by atoms with Crippen molar-refractivity contribution in [3.8, 4) is 5.75 Å². The lowest BCUT2D eigenvalue weighted by molar-refractivity contribution is -0.122. The molecular formula is C21H22N2O5. The van der Waals surface area contributed by atoms with Gasteiger partial charge >= 0.3 is 5.97 Å². The van der Waals surface area contributed by atoms with Gasteiger partial charge in [-0.2, -0.15) is 0 Å². The average Bonchev–Trinajstić information content (AvgIpc) is 2.72. The van der Waals surface area contributed by atoms with Crippen LogP contribution in [0.5, 0.6) is 5.75 Å². The van der Waals surface area contributed by atoms with Crippen molar-refractivity contribution in [2.45, 2.75) is 19.8 Å². The fraction of sp³-hybridized carbons (Fsp3) is 0.286. The fourth-order valence-electron chi connectivity index (χ4n) is 2.91. The summed E-state index contributed by atoms with van der Waals surface area (Å²) in [6.45, 7) is 2.94. The molecule has 0 fully saturated rings. The molecule has 1 aliphatic rings. The zero-order valence-corrected chi connectivity index (χ0v) is 15.6. The van der Waals surface area contributed by atoms with Gasteiger partial charge in [-0.1, -0.05) is 12.1 Å². The van der Waals surface area contributed by atoms with Crippen molar-refractivity contribution >= 4 is 29.2 Å². The van der Waals surface area contributed by atoms with E-state index in [9.17, 15) is 14.4 Å². The third-order valence-electron chi connectivity index (χ3n) is 4.28. The molecule has 28 heavy (non-hydrogen) atoms. The van der Waals surface area contributed by atoms with Gasteiger partial charge in [0.25, 0.3) is 0 Å². The Balaban J connectivity index is 1.52. The number of carbonyl (C=O) groups is 3. The Labute approximate surface area is 163 Å². The Morgan fingerprint density at radius 3 is 2.57 bits per heavy atom. The maximum absolute atomic E-state index is 12.5. The zero-order valence-electron chi connectivity index (χ0n) is 15.6. The van der Waals surface area contributed by atoms with E-state index in [1.807, 2.05) is 24.3 Å². The highest BCUT2D eigenvalue weighted by molar-refractivity contribution is 5.99. The van der Waals surface area contributed by atoms with Gasteiger partial charge in [-0.15, -0.1) is 0 Å². The molecule has 3 rings (SSSR count). The standard InChI is InChI=1S/C21H22N2O5/c1-2-27-21(26)15-7-9-16(10-8-15)22-19(24)11-12-20(25)23-13-14-28-18-6-4-3-5-17(18)23/h3-10H,2,11-14H2,1H3,(H,22,24). The molecule has 0 saturated carbocycles. The van der Waals surface area contributed by atoms with E-state index in [1.54, 1.807) is 36.1 Å². The Morgan fingerprint density at radius 2 is 1.82 bits per heavy atom. The molecule has 0 aliphatic carbocycles. The van der Waals surface area contributed by atoms with Gasteiger partial charge in [0, 0.05) is 18.5 Å². The lowest BCUT2D eigenvalue weighted by atomic mass is 10.2. The molecule has 2 amide bonds. The van der Waals surface area contributed by atoms with E-state index in [1.165, 1.54) is 0 Å². The molecule has 2 aromatic carbocycles. The van der Waals surface area contributed by atoms with E-state index in [0.29, 0.717) is 36.8 Å². The van der Waals surface area contributed by atoms with Crippen LogP contribution in [0.25, 0.3) is 0 Å². The minimum Gasteiger partial charge on any atom is -0.490 e. The van der Waals surface area contributed by atoms with E-state index in [0.717, 1.165) is 5.69 Å². The molecule has 7 heteroatoms. The number of nitrogens with one attached hydrogen (secondary N) is 1. The normalized spacial score (nSPS) is 12.5. The van der Waals surface area contributed by atoms with Crippen molar-refractivity contribution in [3.63, 3.8) is 0 Å². The van der Waals surface area contributed by atoms with E-state index in [4.69, 9.17) is 9.47 Å². The van der Waals surface area contributed by atoms with Crippen LogP contribution in [0.15, 0.2) is 48.5 Å². The summed E-state index contributed by atoms with van der Waals surface area (Å²) < 4.78 is 10.5. The molecule has 0 spiro atoms. The number of para-hydroxylation sites is 2. The minimum absolute atomic E-state index is 0.0674. The van der Waals surface area contributed by atoms with Crippen LogP contribution in [0.4, 0.5) is 11.4 Å². The summed E-state index contributed by atoms with van der Waals surface area (Å²) in [4.78, 5) is 38.0. The molecule has 0 saturated heterocycles. The Morgan fingerprint density at radius 1 is 1.07 bits per heavy atom. The van der Waals surface area contributed by atoms with Crippen molar-refractivity contribution in [2.75, 3.05) is 30.0 Å². The summed E-state index contributed by atoms with van der Waals surface area (Å²) in [6, 6.07) is 13.8. The van der Waals surface area contributed by atoms with Gasteiger partial charge in [0.15, 0.2) is 0 Å². The van der Waals surface area contributed by atoms with Gasteiger partial charge in [0.2, 0.25) is 11.8 Å². The Hall–Kier alpha value is -3.35. The Bertz CT molecular complexity index is 863. The van der Waals surface area contributed by atoms with Gasteiger partial charge < -0.3 is 19.7 Å². The zero-order chi connectivity index (χ0) is 19.9. The van der Waals surface area contributed by atoms with Gasteiger partial charge in [0.05, 0.1) is 24.4 Å². The average molecular weight is 382 g/mol. The van der Waals surface area contributed by atoms with Crippen molar-refractivity contribution in [2.24, 2.45) is 0 Å². The van der Waals surface area contributed by atoms with Crippen LogP contribution in [0.3, 0.4) is 0 Å². The molecule has 7 nitrogen and oxygen atoms in total. The maximum atomic E-state index is 12.5. The van der Waals surface area contributed by atoms with Crippen LogP contribution in [-0.4, -0.2) is 37.5 Å². The number of ether oxygens (including phenoxy) is 2. The Kier molecular flexibility index (Phi) is 6.26. The van der Waals surface area contributed by atoms with Gasteiger partial charge in [-0.05, 0) is 43.3 Å². The predicted molar refractivity (Wildman–Crippen MR) is 105 cm³/mol. The maximum Gasteiger partial charge on any atom is 0.338 e. The molecule has 1 N–H and O–H groups in total. The first-order valence-electron chi connectivity index (χ1n) is 9.17. The van der Waals surface area contributed by atoms with Crippen LogP contribution in [0, 0.1) is 0 Å². The lowest BCUT2D eigenvalue weighted by Gasteiger charge is -2.29. The first-order valence-corrected chi connectivity index (χ1v) is 9.17. The van der Waals surface area contributed by atoms with Crippen molar-refractivity contribution in [1.82, 2.24) is 0 Å². The summed E-state index contributed by atoms with van der Waals surface area (Å²) in [5.74, 6) is -0.118. The number of benzene rings is 2. The quantitative estimate of drug-likeness (QED) is 0.777. The fourth-order valence-corrected chi connectivity index (χ4v) is 2.91. The molecule has 1 heterocycles. The number of hydrogen-bond acceptors (Lipinski definition) is 5. The van der Waals surface area contributed by atoms with Crippen LogP contribution in [-0.2, 0) is 14.3 Å². The van der Waals surface area contributed by atoms with Crippen molar-refractivity contribution in [1.29, 1.82) is 0 Å². The summed E-state index contributed by atoms with van der Waals surface area (Å²) in [6.07, 6.45) is 0.166. The SMILES string of the molecule is CCOC(=O)c1ccc(NC(=O)CCC(=O)N2CCOc3ccccc32)cc1. The number of amides is 2. The molecular weight excluding hydrogens is 360 g/mol. The molecule has 0 aromatic heterocycles. The first kappa shape index (κ1) is 19.4. The minimum atomic E-state index is -0.406. The van der Waals surface area contributed by atoms with Gasteiger partial charge in [0.1, 0.15) is 12.4 Å². The topological polar surface area (TPSA) is 84.9 Å². The number of fused-ring (bicyclic) bond motifs is 1. The number of carbonyl (C=O) groups excluding carboxylic acids is 3. The second kappa shape index (κ2) is 9.03. The van der Waals surface area contributed by atoms with Crippen LogP contribution >= 0.6 is 0 Å². The van der Waals surface area contributed by atoms with Crippen LogP contribution in [0.1, 0.15) is 30.1 Å². The monoisotopic (exact) mass is 382 g/mol. The van der Waals surface area contributed by atoms with E-state index in [2.05, 4.69) is 5.32 Å². The van der Waals surface area contributed by atoms with Crippen molar-refractivity contribution in [3.05, 3.63) is 54.1 Å². The third kappa shape index (κ3) is 4.68. The molecule has 0 radical (unpaired) electrons. The molecule has 1 aliphatic heterocycles. The second-order valence-electron chi connectivity index (χ2n) is 6.21. The lowest BCUT2D eigenvalue weighted by Crippen LogP contribution is -2.38. The number of hydrogen-bond donors (Lipinski definition) is 1. The molecule has 0 atom stereocenters. The highest BCUT2D eigenvalue weighted by Gasteiger charge is 2.23. The van der Waals surface area contributed by atoms with Crippen LogP contribution in [0.2, 0.25) is 0 Å². The summed E-state index contributed by atoms with van der Waals surface area (Å²) >= 11 is 0. The number of esters is 1. The van der Waals surface area contributed by atoms with Gasteiger partial charge in [-0.3, -0.25) is 9.59 Å². The predicted octanol–water partition coefficient (Wildman–Crippen LogP) is 3.01. The smallest absolute Gasteiger partial charge is 0.338 e. The van der Waals surface area contributed by atoms with Gasteiger partial charge in [-0.25, -0.2) is 4.79 Å². The second-order valence-corrected chi connectivity index (χ2v) is 6.21. The van der Waals surface area contributed by atoms with E-state index < -0.39 is 5.97 Å². The molecule has 0 bridgehead atoms. The molecule has 2 aromatic rings. The third-order valence-corrected chi connectivity index (χ3v) is 4.28. The van der Waals surface area contributed by atoms with E-state index in [-0.39, 0.29) is 24.7 Å². The van der Waals surface area contributed by atoms with Crippen LogP contribution < -0.4 is 15.0 Å². The number of anilines is 2.